The number of hydrogen-bond donors (Lipinski definition) is 2. The van der Waals surface area contributed by atoms with Crippen LogP contribution in [0.25, 0.3) is 0 Å². The number of benzene rings is 1. The lowest BCUT2D eigenvalue weighted by atomic mass is 10.1. The molecular formula is C13H21N3. The summed E-state index contributed by atoms with van der Waals surface area (Å²) in [7, 11) is 0. The minimum Gasteiger partial charge on any atom is -0.326 e. The van der Waals surface area contributed by atoms with E-state index < -0.39 is 0 Å². The average Bonchev–Trinajstić information content (AvgIpc) is 2.38. The predicted molar refractivity (Wildman–Crippen MR) is 67.3 cm³/mol. The van der Waals surface area contributed by atoms with Crippen LogP contribution in [0.5, 0.6) is 0 Å². The van der Waals surface area contributed by atoms with E-state index in [0.717, 1.165) is 26.1 Å². The molecule has 16 heavy (non-hydrogen) atoms. The van der Waals surface area contributed by atoms with Crippen LogP contribution in [0.2, 0.25) is 0 Å². The number of hydrogen-bond acceptors (Lipinski definition) is 3. The Bertz CT molecular complexity index is 319. The van der Waals surface area contributed by atoms with E-state index in [4.69, 9.17) is 5.73 Å². The lowest BCUT2D eigenvalue weighted by molar-refractivity contribution is 0.244. The SMILES string of the molecule is NCc1cccc(CCN2CCNCC2)c1. The number of nitrogens with one attached hydrogen (secondary N) is 1. The second-order valence-electron chi connectivity index (χ2n) is 4.37. The molecule has 0 aliphatic carbocycles. The van der Waals surface area contributed by atoms with Gasteiger partial charge in [0.2, 0.25) is 0 Å². The molecule has 1 aromatic carbocycles. The summed E-state index contributed by atoms with van der Waals surface area (Å²) in [5, 5.41) is 3.37. The molecule has 1 heterocycles. The Morgan fingerprint density at radius 2 is 1.94 bits per heavy atom. The van der Waals surface area contributed by atoms with Gasteiger partial charge in [0, 0.05) is 39.3 Å². The van der Waals surface area contributed by atoms with Crippen molar-refractivity contribution < 1.29 is 0 Å². The number of nitrogens with zero attached hydrogens (tertiary/aromatic N) is 1. The van der Waals surface area contributed by atoms with Gasteiger partial charge >= 0.3 is 0 Å². The Balaban J connectivity index is 1.83. The van der Waals surface area contributed by atoms with E-state index in [1.807, 2.05) is 0 Å². The largest absolute Gasteiger partial charge is 0.326 e. The summed E-state index contributed by atoms with van der Waals surface area (Å²) in [6, 6.07) is 8.62. The Hall–Kier alpha value is -0.900. The zero-order valence-corrected chi connectivity index (χ0v) is 9.78. The molecule has 3 nitrogen and oxygen atoms in total. The van der Waals surface area contributed by atoms with Crippen molar-refractivity contribution in [3.05, 3.63) is 35.4 Å². The summed E-state index contributed by atoms with van der Waals surface area (Å²) in [6.07, 6.45) is 1.13. The van der Waals surface area contributed by atoms with Gasteiger partial charge in [0.05, 0.1) is 0 Å². The summed E-state index contributed by atoms with van der Waals surface area (Å²) >= 11 is 0. The summed E-state index contributed by atoms with van der Waals surface area (Å²) in [5.74, 6) is 0. The van der Waals surface area contributed by atoms with Crippen LogP contribution in [-0.4, -0.2) is 37.6 Å². The first kappa shape index (κ1) is 11.6. The summed E-state index contributed by atoms with van der Waals surface area (Å²) in [4.78, 5) is 2.52. The van der Waals surface area contributed by atoms with Crippen molar-refractivity contribution in [2.75, 3.05) is 32.7 Å². The van der Waals surface area contributed by atoms with Crippen LogP contribution < -0.4 is 11.1 Å². The molecule has 1 aliphatic rings. The van der Waals surface area contributed by atoms with E-state index in [-0.39, 0.29) is 0 Å². The van der Waals surface area contributed by atoms with Crippen molar-refractivity contribution in [2.24, 2.45) is 5.73 Å². The van der Waals surface area contributed by atoms with Crippen molar-refractivity contribution in [2.45, 2.75) is 13.0 Å². The molecule has 0 aromatic heterocycles. The van der Waals surface area contributed by atoms with Gasteiger partial charge in [-0.25, -0.2) is 0 Å². The third-order valence-corrected chi connectivity index (χ3v) is 3.15. The second-order valence-corrected chi connectivity index (χ2v) is 4.37. The first-order valence-corrected chi connectivity index (χ1v) is 6.09. The van der Waals surface area contributed by atoms with Gasteiger partial charge in [-0.05, 0) is 17.5 Å². The Labute approximate surface area is 97.6 Å². The molecule has 1 saturated heterocycles. The fourth-order valence-electron chi connectivity index (χ4n) is 2.13. The zero-order chi connectivity index (χ0) is 11.2. The van der Waals surface area contributed by atoms with Crippen LogP contribution >= 0.6 is 0 Å². The molecule has 0 saturated carbocycles. The molecule has 1 fully saturated rings. The van der Waals surface area contributed by atoms with Crippen LogP contribution in [0.4, 0.5) is 0 Å². The molecule has 0 atom stereocenters. The highest BCUT2D eigenvalue weighted by Gasteiger charge is 2.08. The maximum absolute atomic E-state index is 5.64. The van der Waals surface area contributed by atoms with Gasteiger partial charge in [-0.2, -0.15) is 0 Å². The normalized spacial score (nSPS) is 17.6. The molecule has 3 N–H and O–H groups in total. The molecule has 88 valence electrons. The van der Waals surface area contributed by atoms with Crippen molar-refractivity contribution in [3.8, 4) is 0 Å². The average molecular weight is 219 g/mol. The molecule has 3 heteroatoms. The minimum absolute atomic E-state index is 0.640. The molecule has 0 unspecified atom stereocenters. The van der Waals surface area contributed by atoms with E-state index >= 15 is 0 Å². The fraction of sp³-hybridized carbons (Fsp3) is 0.538. The molecule has 1 aliphatic heterocycles. The molecule has 2 rings (SSSR count). The van der Waals surface area contributed by atoms with Crippen LogP contribution in [0.15, 0.2) is 24.3 Å². The number of nitrogens with two attached hydrogens (primary N) is 1. The lowest BCUT2D eigenvalue weighted by Gasteiger charge is -2.27. The van der Waals surface area contributed by atoms with Crippen molar-refractivity contribution in [1.82, 2.24) is 10.2 Å². The minimum atomic E-state index is 0.640. The maximum Gasteiger partial charge on any atom is 0.0178 e. The maximum atomic E-state index is 5.64. The monoisotopic (exact) mass is 219 g/mol. The van der Waals surface area contributed by atoms with Gasteiger partial charge in [-0.1, -0.05) is 24.3 Å². The van der Waals surface area contributed by atoms with Crippen LogP contribution in [0.3, 0.4) is 0 Å². The van der Waals surface area contributed by atoms with Gasteiger partial charge in [0.1, 0.15) is 0 Å². The zero-order valence-electron chi connectivity index (χ0n) is 9.78. The van der Waals surface area contributed by atoms with Crippen LogP contribution in [-0.2, 0) is 13.0 Å². The van der Waals surface area contributed by atoms with E-state index in [1.54, 1.807) is 0 Å². The van der Waals surface area contributed by atoms with E-state index in [0.29, 0.717) is 6.54 Å². The lowest BCUT2D eigenvalue weighted by Crippen LogP contribution is -2.44. The fourth-order valence-corrected chi connectivity index (χ4v) is 2.13. The van der Waals surface area contributed by atoms with E-state index in [2.05, 4.69) is 34.5 Å². The molecule has 0 radical (unpaired) electrons. The standard InChI is InChI=1S/C13H21N3/c14-11-13-3-1-2-12(10-13)4-7-16-8-5-15-6-9-16/h1-3,10,15H,4-9,11,14H2. The highest BCUT2D eigenvalue weighted by Crippen LogP contribution is 2.06. The Kier molecular flexibility index (Phi) is 4.34. The van der Waals surface area contributed by atoms with Crippen molar-refractivity contribution in [1.29, 1.82) is 0 Å². The smallest absolute Gasteiger partial charge is 0.0178 e. The quantitative estimate of drug-likeness (QED) is 0.779. The van der Waals surface area contributed by atoms with Crippen LogP contribution in [0.1, 0.15) is 11.1 Å². The Morgan fingerprint density at radius 3 is 2.69 bits per heavy atom. The van der Waals surface area contributed by atoms with Gasteiger partial charge in [0.15, 0.2) is 0 Å². The van der Waals surface area contributed by atoms with E-state index in [9.17, 15) is 0 Å². The molecule has 0 spiro atoms. The predicted octanol–water partition coefficient (Wildman–Crippen LogP) is 0.593. The summed E-state index contributed by atoms with van der Waals surface area (Å²) < 4.78 is 0. The highest BCUT2D eigenvalue weighted by atomic mass is 15.2. The summed E-state index contributed by atoms with van der Waals surface area (Å²) in [6.45, 7) is 6.41. The summed E-state index contributed by atoms with van der Waals surface area (Å²) in [5.41, 5.74) is 8.28. The highest BCUT2D eigenvalue weighted by molar-refractivity contribution is 5.23. The first-order valence-electron chi connectivity index (χ1n) is 6.09. The van der Waals surface area contributed by atoms with Gasteiger partial charge < -0.3 is 16.0 Å². The Morgan fingerprint density at radius 1 is 1.19 bits per heavy atom. The number of rotatable bonds is 4. The van der Waals surface area contributed by atoms with E-state index in [1.165, 1.54) is 24.2 Å². The molecule has 1 aromatic rings. The van der Waals surface area contributed by atoms with Gasteiger partial charge in [-0.15, -0.1) is 0 Å². The number of piperazine rings is 1. The molecule has 0 bridgehead atoms. The van der Waals surface area contributed by atoms with Crippen molar-refractivity contribution in [3.63, 3.8) is 0 Å². The van der Waals surface area contributed by atoms with Gasteiger partial charge in [0.25, 0.3) is 0 Å². The second kappa shape index (κ2) is 5.99. The van der Waals surface area contributed by atoms with Crippen LogP contribution in [0, 0.1) is 0 Å². The molecule has 0 amide bonds. The third-order valence-electron chi connectivity index (χ3n) is 3.15. The van der Waals surface area contributed by atoms with Crippen molar-refractivity contribution >= 4 is 0 Å². The van der Waals surface area contributed by atoms with Gasteiger partial charge in [-0.3, -0.25) is 0 Å². The molecular weight excluding hydrogens is 198 g/mol. The topological polar surface area (TPSA) is 41.3 Å². The first-order chi connectivity index (χ1) is 7.88. The third kappa shape index (κ3) is 3.30.